The minimum Gasteiger partial charge on any atom is -0.497 e. The summed E-state index contributed by atoms with van der Waals surface area (Å²) in [6, 6.07) is 5.40. The van der Waals surface area contributed by atoms with Crippen LogP contribution in [0, 0.1) is 5.92 Å². The Morgan fingerprint density at radius 3 is 2.68 bits per heavy atom. The Hall–Kier alpha value is -1.71. The van der Waals surface area contributed by atoms with Gasteiger partial charge < -0.3 is 25.8 Å². The number of rotatable bonds is 8. The number of guanidine groups is 1. The summed E-state index contributed by atoms with van der Waals surface area (Å²) in [7, 11) is 3.19. The molecule has 8 heteroatoms. The van der Waals surface area contributed by atoms with E-state index in [-0.39, 0.29) is 35.8 Å². The molecule has 0 aromatic heterocycles. The second-order valence-electron chi connectivity index (χ2n) is 5.73. The highest BCUT2D eigenvalue weighted by atomic mass is 127. The van der Waals surface area contributed by atoms with Crippen molar-refractivity contribution < 1.29 is 14.3 Å². The van der Waals surface area contributed by atoms with Gasteiger partial charge in [0.2, 0.25) is 5.91 Å². The monoisotopic (exact) mass is 462 g/mol. The van der Waals surface area contributed by atoms with Crippen molar-refractivity contribution >= 4 is 41.5 Å². The first-order valence-corrected chi connectivity index (χ1v) is 8.20. The van der Waals surface area contributed by atoms with E-state index in [1.165, 1.54) is 0 Å². The van der Waals surface area contributed by atoms with E-state index in [2.05, 4.69) is 15.6 Å². The largest absolute Gasteiger partial charge is 0.497 e. The van der Waals surface area contributed by atoms with Gasteiger partial charge in [0.1, 0.15) is 11.5 Å². The van der Waals surface area contributed by atoms with E-state index in [1.54, 1.807) is 26.4 Å². The second kappa shape index (κ2) is 11.0. The zero-order chi connectivity index (χ0) is 17.4. The minimum atomic E-state index is 0. The van der Waals surface area contributed by atoms with Crippen LogP contribution < -0.4 is 25.8 Å². The molecule has 0 bridgehead atoms. The van der Waals surface area contributed by atoms with Gasteiger partial charge in [0.25, 0.3) is 0 Å². The van der Waals surface area contributed by atoms with Gasteiger partial charge in [-0.05, 0) is 31.4 Å². The fourth-order valence-corrected chi connectivity index (χ4v) is 2.39. The van der Waals surface area contributed by atoms with E-state index < -0.39 is 0 Å². The van der Waals surface area contributed by atoms with Gasteiger partial charge in [-0.15, -0.1) is 24.0 Å². The molecule has 140 valence electrons. The van der Waals surface area contributed by atoms with E-state index in [4.69, 9.17) is 15.2 Å². The van der Waals surface area contributed by atoms with Crippen LogP contribution in [0.1, 0.15) is 25.7 Å². The Balaban J connectivity index is 0.00000312. The van der Waals surface area contributed by atoms with Gasteiger partial charge in [-0.25, -0.2) is 0 Å². The molecule has 1 aromatic rings. The van der Waals surface area contributed by atoms with Crippen LogP contribution in [-0.4, -0.2) is 39.2 Å². The third kappa shape index (κ3) is 6.60. The number of amides is 1. The lowest BCUT2D eigenvalue weighted by Crippen LogP contribution is -2.35. The normalized spacial score (nSPS) is 14.1. The van der Waals surface area contributed by atoms with E-state index in [1.807, 2.05) is 6.07 Å². The molecule has 0 spiro atoms. The van der Waals surface area contributed by atoms with Crippen molar-refractivity contribution in [3.8, 4) is 11.5 Å². The van der Waals surface area contributed by atoms with Crippen LogP contribution in [-0.2, 0) is 4.79 Å². The van der Waals surface area contributed by atoms with E-state index in [0.717, 1.165) is 25.7 Å². The Labute approximate surface area is 165 Å². The topological polar surface area (TPSA) is 98.0 Å². The van der Waals surface area contributed by atoms with Crippen molar-refractivity contribution in [3.05, 3.63) is 18.2 Å². The third-order valence-electron chi connectivity index (χ3n) is 4.06. The number of nitrogens with one attached hydrogen (secondary N) is 2. The van der Waals surface area contributed by atoms with Gasteiger partial charge in [-0.2, -0.15) is 0 Å². The Bertz CT molecular complexity index is 591. The first-order chi connectivity index (χ1) is 11.6. The molecule has 2 rings (SSSR count). The summed E-state index contributed by atoms with van der Waals surface area (Å²) in [5.41, 5.74) is 6.59. The van der Waals surface area contributed by atoms with Crippen molar-refractivity contribution in [1.29, 1.82) is 0 Å². The van der Waals surface area contributed by atoms with Crippen LogP contribution in [0.25, 0.3) is 0 Å². The maximum Gasteiger partial charge on any atom is 0.223 e. The number of aliphatic imine (C=N–C) groups is 1. The first-order valence-electron chi connectivity index (χ1n) is 8.20. The number of hydrogen-bond donors (Lipinski definition) is 3. The molecule has 1 aliphatic rings. The van der Waals surface area contributed by atoms with Crippen molar-refractivity contribution in [3.63, 3.8) is 0 Å². The lowest BCUT2D eigenvalue weighted by Gasteiger charge is -2.23. The fraction of sp³-hybridized carbons (Fsp3) is 0.529. The van der Waals surface area contributed by atoms with Gasteiger partial charge in [0, 0.05) is 25.1 Å². The van der Waals surface area contributed by atoms with Crippen molar-refractivity contribution in [2.24, 2.45) is 16.6 Å². The molecule has 25 heavy (non-hydrogen) atoms. The summed E-state index contributed by atoms with van der Waals surface area (Å²) < 4.78 is 10.5. The average Bonchev–Trinajstić information content (AvgIpc) is 2.52. The van der Waals surface area contributed by atoms with Crippen molar-refractivity contribution in [2.45, 2.75) is 25.7 Å². The fourth-order valence-electron chi connectivity index (χ4n) is 2.39. The molecule has 0 heterocycles. The standard InChI is InChI=1S/C17H26N4O3.HI/c1-23-13-7-8-15(24-2)14(11-13)21-17(18)20-10-4-9-19-16(22)12-5-3-6-12;/h7-8,11-12H,3-6,9-10H2,1-2H3,(H,19,22)(H3,18,20,21);1H. The van der Waals surface area contributed by atoms with Crippen LogP contribution >= 0.6 is 24.0 Å². The third-order valence-corrected chi connectivity index (χ3v) is 4.06. The molecular formula is C17H27IN4O3. The zero-order valence-corrected chi connectivity index (χ0v) is 17.0. The van der Waals surface area contributed by atoms with Gasteiger partial charge in [0.15, 0.2) is 5.96 Å². The number of halogens is 1. The predicted molar refractivity (Wildman–Crippen MR) is 110 cm³/mol. The van der Waals surface area contributed by atoms with Gasteiger partial charge in [0.05, 0.1) is 19.9 Å². The first kappa shape index (κ1) is 21.3. The van der Waals surface area contributed by atoms with Crippen molar-refractivity contribution in [1.82, 2.24) is 5.32 Å². The molecule has 0 aliphatic heterocycles. The molecular weight excluding hydrogens is 435 g/mol. The van der Waals surface area contributed by atoms with Crippen LogP contribution in [0.3, 0.4) is 0 Å². The number of hydrogen-bond acceptors (Lipinski definition) is 4. The second-order valence-corrected chi connectivity index (χ2v) is 5.73. The highest BCUT2D eigenvalue weighted by Crippen LogP contribution is 2.28. The lowest BCUT2D eigenvalue weighted by molar-refractivity contribution is -0.127. The number of nitrogens with two attached hydrogens (primary N) is 1. The average molecular weight is 462 g/mol. The molecule has 7 nitrogen and oxygen atoms in total. The van der Waals surface area contributed by atoms with Crippen LogP contribution in [0.4, 0.5) is 5.69 Å². The van der Waals surface area contributed by atoms with Crippen LogP contribution in [0.2, 0.25) is 0 Å². The number of carbonyl (C=O) groups excluding carboxylic acids is 1. The van der Waals surface area contributed by atoms with Crippen molar-refractivity contribution in [2.75, 3.05) is 32.6 Å². The van der Waals surface area contributed by atoms with Gasteiger partial charge >= 0.3 is 0 Å². The number of carbonyl (C=O) groups is 1. The molecule has 0 saturated heterocycles. The Morgan fingerprint density at radius 2 is 2.08 bits per heavy atom. The molecule has 1 saturated carbocycles. The summed E-state index contributed by atoms with van der Waals surface area (Å²) in [4.78, 5) is 15.9. The summed E-state index contributed by atoms with van der Waals surface area (Å²) in [6.45, 7) is 1.16. The lowest BCUT2D eigenvalue weighted by atomic mass is 9.85. The number of anilines is 1. The smallest absolute Gasteiger partial charge is 0.223 e. The highest BCUT2D eigenvalue weighted by molar-refractivity contribution is 14.0. The van der Waals surface area contributed by atoms with E-state index >= 15 is 0 Å². The van der Waals surface area contributed by atoms with Gasteiger partial charge in [-0.3, -0.25) is 9.79 Å². The summed E-state index contributed by atoms with van der Waals surface area (Å²) in [5.74, 6) is 2.04. The molecule has 0 unspecified atom stereocenters. The zero-order valence-electron chi connectivity index (χ0n) is 14.7. The summed E-state index contributed by atoms with van der Waals surface area (Å²) in [6.07, 6.45) is 3.95. The molecule has 1 fully saturated rings. The molecule has 1 aliphatic carbocycles. The number of nitrogens with zero attached hydrogens (tertiary/aromatic N) is 1. The SMILES string of the molecule is COc1ccc(OC)c(NC(N)=NCCCNC(=O)C2CCC2)c1.I. The van der Waals surface area contributed by atoms with E-state index in [9.17, 15) is 4.79 Å². The molecule has 0 atom stereocenters. The van der Waals surface area contributed by atoms with Crippen LogP contribution in [0.15, 0.2) is 23.2 Å². The highest BCUT2D eigenvalue weighted by Gasteiger charge is 2.24. The summed E-state index contributed by atoms with van der Waals surface area (Å²) >= 11 is 0. The number of ether oxygens (including phenoxy) is 2. The Kier molecular flexibility index (Phi) is 9.40. The van der Waals surface area contributed by atoms with E-state index in [0.29, 0.717) is 36.2 Å². The number of methoxy groups -OCH3 is 2. The van der Waals surface area contributed by atoms with Gasteiger partial charge in [-0.1, -0.05) is 6.42 Å². The Morgan fingerprint density at radius 1 is 1.32 bits per heavy atom. The molecule has 1 amide bonds. The predicted octanol–water partition coefficient (Wildman–Crippen LogP) is 2.35. The maximum atomic E-state index is 11.7. The number of benzene rings is 1. The molecule has 1 aromatic carbocycles. The van der Waals surface area contributed by atoms with Crippen LogP contribution in [0.5, 0.6) is 11.5 Å². The summed E-state index contributed by atoms with van der Waals surface area (Å²) in [5, 5.41) is 5.94. The molecule has 4 N–H and O–H groups in total. The molecule has 0 radical (unpaired) electrons. The quantitative estimate of drug-likeness (QED) is 0.239. The minimum absolute atomic E-state index is 0. The maximum absolute atomic E-state index is 11.7.